The van der Waals surface area contributed by atoms with Gasteiger partial charge in [-0.15, -0.1) is 0 Å². The lowest BCUT2D eigenvalue weighted by Gasteiger charge is -2.27. The van der Waals surface area contributed by atoms with Gasteiger partial charge in [0.15, 0.2) is 6.29 Å². The first kappa shape index (κ1) is 10.4. The summed E-state index contributed by atoms with van der Waals surface area (Å²) in [5, 5.41) is 0.258. The fraction of sp³-hybridized carbons (Fsp3) is 0.400. The number of hydrogen-bond donors (Lipinski definition) is 0. The Morgan fingerprint density at radius 1 is 1.40 bits per heavy atom. The first-order valence-corrected chi connectivity index (χ1v) is 5.13. The van der Waals surface area contributed by atoms with E-state index in [1.165, 1.54) is 0 Å². The Bertz CT molecular complexity index is 364. The van der Waals surface area contributed by atoms with Crippen LogP contribution in [0.25, 0.3) is 0 Å². The molecule has 0 aromatic carbocycles. The predicted octanol–water partition coefficient (Wildman–Crippen LogP) is 1.38. The molecule has 2 heterocycles. The van der Waals surface area contributed by atoms with E-state index >= 15 is 0 Å². The summed E-state index contributed by atoms with van der Waals surface area (Å²) >= 11 is 5.85. The van der Waals surface area contributed by atoms with Crippen LogP contribution in [-0.2, 0) is 4.74 Å². The van der Waals surface area contributed by atoms with Gasteiger partial charge in [0, 0.05) is 13.1 Å². The van der Waals surface area contributed by atoms with E-state index in [1.807, 2.05) is 0 Å². The number of halogens is 1. The molecule has 0 amide bonds. The van der Waals surface area contributed by atoms with Gasteiger partial charge in [0.2, 0.25) is 0 Å². The van der Waals surface area contributed by atoms with Crippen LogP contribution in [-0.4, -0.2) is 37.6 Å². The maximum absolute atomic E-state index is 10.6. The van der Waals surface area contributed by atoms with Crippen LogP contribution in [0.5, 0.6) is 0 Å². The smallest absolute Gasteiger partial charge is 0.153 e. The molecule has 0 spiro atoms. The monoisotopic (exact) mass is 226 g/mol. The number of aromatic nitrogens is 1. The summed E-state index contributed by atoms with van der Waals surface area (Å²) in [5.74, 6) is 0.800. The fourth-order valence-electron chi connectivity index (χ4n) is 1.49. The van der Waals surface area contributed by atoms with Crippen LogP contribution in [0.15, 0.2) is 12.1 Å². The van der Waals surface area contributed by atoms with Gasteiger partial charge in [-0.05, 0) is 12.1 Å². The Morgan fingerprint density at radius 3 is 2.73 bits per heavy atom. The van der Waals surface area contributed by atoms with Crippen LogP contribution < -0.4 is 4.90 Å². The van der Waals surface area contributed by atoms with Crippen molar-refractivity contribution in [3.8, 4) is 0 Å². The maximum Gasteiger partial charge on any atom is 0.153 e. The average molecular weight is 227 g/mol. The van der Waals surface area contributed by atoms with Gasteiger partial charge < -0.3 is 9.64 Å². The summed E-state index contributed by atoms with van der Waals surface area (Å²) in [6.07, 6.45) is 0.707. The summed E-state index contributed by atoms with van der Waals surface area (Å²) in [5.41, 5.74) is 0.425. The molecule has 15 heavy (non-hydrogen) atoms. The van der Waals surface area contributed by atoms with Crippen molar-refractivity contribution in [1.29, 1.82) is 0 Å². The SMILES string of the molecule is O=Cc1ccc(N2CCOCC2)nc1Cl. The normalized spacial score (nSPS) is 16.5. The van der Waals surface area contributed by atoms with Gasteiger partial charge in [-0.1, -0.05) is 11.6 Å². The van der Waals surface area contributed by atoms with Crippen molar-refractivity contribution in [2.24, 2.45) is 0 Å². The van der Waals surface area contributed by atoms with Crippen molar-refractivity contribution in [2.45, 2.75) is 0 Å². The molecule has 0 aliphatic carbocycles. The number of anilines is 1. The van der Waals surface area contributed by atoms with Crippen molar-refractivity contribution >= 4 is 23.7 Å². The van der Waals surface area contributed by atoms with E-state index in [4.69, 9.17) is 16.3 Å². The Morgan fingerprint density at radius 2 is 2.13 bits per heavy atom. The first-order chi connectivity index (χ1) is 7.31. The van der Waals surface area contributed by atoms with Gasteiger partial charge >= 0.3 is 0 Å². The third-order valence-corrected chi connectivity index (χ3v) is 2.63. The van der Waals surface area contributed by atoms with Crippen molar-refractivity contribution in [3.63, 3.8) is 0 Å². The van der Waals surface area contributed by atoms with Crippen molar-refractivity contribution in [1.82, 2.24) is 4.98 Å². The topological polar surface area (TPSA) is 42.4 Å². The average Bonchev–Trinajstić information content (AvgIpc) is 2.30. The Hall–Kier alpha value is -1.13. The lowest BCUT2D eigenvalue weighted by Crippen LogP contribution is -2.36. The third-order valence-electron chi connectivity index (χ3n) is 2.32. The minimum absolute atomic E-state index is 0.258. The molecule has 1 aliphatic rings. The number of hydrogen-bond acceptors (Lipinski definition) is 4. The van der Waals surface area contributed by atoms with Gasteiger partial charge in [-0.25, -0.2) is 4.98 Å². The van der Waals surface area contributed by atoms with Crippen molar-refractivity contribution < 1.29 is 9.53 Å². The molecule has 2 rings (SSSR count). The largest absolute Gasteiger partial charge is 0.378 e. The molecule has 1 aliphatic heterocycles. The number of pyridine rings is 1. The molecule has 1 saturated heterocycles. The molecule has 0 atom stereocenters. The molecule has 0 bridgehead atoms. The molecule has 1 aromatic rings. The van der Waals surface area contributed by atoms with E-state index < -0.39 is 0 Å². The van der Waals surface area contributed by atoms with Crippen LogP contribution in [0.1, 0.15) is 10.4 Å². The first-order valence-electron chi connectivity index (χ1n) is 4.75. The molecule has 80 valence electrons. The van der Waals surface area contributed by atoms with Gasteiger partial charge in [0.25, 0.3) is 0 Å². The Balaban J connectivity index is 2.21. The summed E-state index contributed by atoms with van der Waals surface area (Å²) in [6, 6.07) is 3.49. The second-order valence-electron chi connectivity index (χ2n) is 3.27. The van der Waals surface area contributed by atoms with Crippen LogP contribution in [0.2, 0.25) is 5.15 Å². The summed E-state index contributed by atoms with van der Waals surface area (Å²) in [7, 11) is 0. The zero-order valence-corrected chi connectivity index (χ0v) is 8.91. The van der Waals surface area contributed by atoms with Crippen LogP contribution in [0.4, 0.5) is 5.82 Å². The summed E-state index contributed by atoms with van der Waals surface area (Å²) in [4.78, 5) is 16.8. The second kappa shape index (κ2) is 4.59. The predicted molar refractivity (Wildman–Crippen MR) is 57.7 cm³/mol. The Kier molecular flexibility index (Phi) is 3.18. The number of morpholine rings is 1. The molecule has 0 saturated carbocycles. The van der Waals surface area contributed by atoms with E-state index in [0.717, 1.165) is 18.9 Å². The minimum Gasteiger partial charge on any atom is -0.378 e. The number of carbonyl (C=O) groups excluding carboxylic acids is 1. The van der Waals surface area contributed by atoms with Crippen LogP contribution in [0, 0.1) is 0 Å². The van der Waals surface area contributed by atoms with Gasteiger partial charge in [-0.3, -0.25) is 4.79 Å². The van der Waals surface area contributed by atoms with Crippen LogP contribution in [0.3, 0.4) is 0 Å². The highest BCUT2D eigenvalue weighted by Crippen LogP contribution is 2.18. The number of ether oxygens (including phenoxy) is 1. The number of carbonyl (C=O) groups is 1. The molecule has 0 N–H and O–H groups in total. The van der Waals surface area contributed by atoms with E-state index in [-0.39, 0.29) is 5.15 Å². The number of nitrogens with zero attached hydrogens (tertiary/aromatic N) is 2. The van der Waals surface area contributed by atoms with E-state index in [0.29, 0.717) is 25.1 Å². The lowest BCUT2D eigenvalue weighted by molar-refractivity contribution is 0.112. The van der Waals surface area contributed by atoms with E-state index in [1.54, 1.807) is 12.1 Å². The summed E-state index contributed by atoms with van der Waals surface area (Å²) < 4.78 is 5.24. The quantitative estimate of drug-likeness (QED) is 0.565. The highest BCUT2D eigenvalue weighted by atomic mass is 35.5. The highest BCUT2D eigenvalue weighted by molar-refractivity contribution is 6.31. The third kappa shape index (κ3) is 2.27. The van der Waals surface area contributed by atoms with Crippen molar-refractivity contribution in [3.05, 3.63) is 22.8 Å². The standard InChI is InChI=1S/C10H11ClN2O2/c11-10-8(7-14)1-2-9(12-10)13-3-5-15-6-4-13/h1-2,7H,3-6H2. The minimum atomic E-state index is 0.258. The van der Waals surface area contributed by atoms with Gasteiger partial charge in [-0.2, -0.15) is 0 Å². The van der Waals surface area contributed by atoms with Crippen molar-refractivity contribution in [2.75, 3.05) is 31.2 Å². The fourth-order valence-corrected chi connectivity index (χ4v) is 1.69. The maximum atomic E-state index is 10.6. The molecule has 4 nitrogen and oxygen atoms in total. The molecule has 5 heteroatoms. The number of aldehydes is 1. The van der Waals surface area contributed by atoms with E-state index in [9.17, 15) is 4.79 Å². The zero-order valence-electron chi connectivity index (χ0n) is 8.15. The van der Waals surface area contributed by atoms with E-state index in [2.05, 4.69) is 9.88 Å². The molecule has 1 aromatic heterocycles. The van der Waals surface area contributed by atoms with Crippen LogP contribution >= 0.6 is 11.6 Å². The molecular weight excluding hydrogens is 216 g/mol. The van der Waals surface area contributed by atoms with Gasteiger partial charge in [0.05, 0.1) is 18.8 Å². The molecule has 0 unspecified atom stereocenters. The lowest BCUT2D eigenvalue weighted by atomic mass is 10.3. The second-order valence-corrected chi connectivity index (χ2v) is 3.62. The number of rotatable bonds is 2. The molecule has 0 radical (unpaired) electrons. The van der Waals surface area contributed by atoms with Gasteiger partial charge in [0.1, 0.15) is 11.0 Å². The highest BCUT2D eigenvalue weighted by Gasteiger charge is 2.13. The zero-order chi connectivity index (χ0) is 10.7. The molecule has 1 fully saturated rings. The summed E-state index contributed by atoms with van der Waals surface area (Å²) in [6.45, 7) is 3.02. The Labute approximate surface area is 92.8 Å². The molecular formula is C10H11ClN2O2.